The number of thiazole rings is 1. The summed E-state index contributed by atoms with van der Waals surface area (Å²) in [4.78, 5) is 17.4. The summed E-state index contributed by atoms with van der Waals surface area (Å²) in [7, 11) is 0. The first-order chi connectivity index (χ1) is 12.8. The Morgan fingerprint density at radius 3 is 2.62 bits per heavy atom. The summed E-state index contributed by atoms with van der Waals surface area (Å²) in [6.07, 6.45) is 3.32. The normalized spacial score (nSPS) is 12.4. The molecule has 0 spiro atoms. The SMILES string of the molecule is CCn1c(=NC(=O)C=Cc2ccccc2)sc2c3ccccc3ccc21. The summed E-state index contributed by atoms with van der Waals surface area (Å²) in [6.45, 7) is 2.84. The molecule has 4 rings (SSSR count). The highest BCUT2D eigenvalue weighted by Gasteiger charge is 2.09. The van der Waals surface area contributed by atoms with E-state index in [9.17, 15) is 4.79 Å². The lowest BCUT2D eigenvalue weighted by molar-refractivity contribution is -0.113. The van der Waals surface area contributed by atoms with E-state index in [2.05, 4.69) is 40.7 Å². The number of aromatic nitrogens is 1. The van der Waals surface area contributed by atoms with Gasteiger partial charge in [-0.3, -0.25) is 4.79 Å². The predicted octanol–water partition coefficient (Wildman–Crippen LogP) is 5.02. The summed E-state index contributed by atoms with van der Waals surface area (Å²) in [5.41, 5.74) is 2.11. The third-order valence-corrected chi connectivity index (χ3v) is 5.44. The lowest BCUT2D eigenvalue weighted by Crippen LogP contribution is -2.15. The largest absolute Gasteiger partial charge is 0.317 e. The van der Waals surface area contributed by atoms with E-state index in [1.165, 1.54) is 21.5 Å². The first-order valence-electron chi connectivity index (χ1n) is 8.59. The molecule has 0 atom stereocenters. The molecule has 0 aliphatic carbocycles. The Morgan fingerprint density at radius 1 is 1.04 bits per heavy atom. The maximum atomic E-state index is 12.3. The minimum absolute atomic E-state index is 0.244. The number of carbonyl (C=O) groups excluding carboxylic acids is 1. The molecule has 0 N–H and O–H groups in total. The van der Waals surface area contributed by atoms with Gasteiger partial charge in [0.15, 0.2) is 4.80 Å². The van der Waals surface area contributed by atoms with Crippen LogP contribution in [0.1, 0.15) is 12.5 Å². The highest BCUT2D eigenvalue weighted by Crippen LogP contribution is 2.27. The zero-order chi connectivity index (χ0) is 17.9. The second kappa shape index (κ2) is 7.10. The van der Waals surface area contributed by atoms with Crippen LogP contribution in [-0.2, 0) is 11.3 Å². The van der Waals surface area contributed by atoms with Crippen LogP contribution in [0.15, 0.2) is 77.8 Å². The molecule has 0 radical (unpaired) electrons. The molecule has 26 heavy (non-hydrogen) atoms. The van der Waals surface area contributed by atoms with Crippen molar-refractivity contribution >= 4 is 44.3 Å². The van der Waals surface area contributed by atoms with Gasteiger partial charge in [0.1, 0.15) is 0 Å². The number of benzene rings is 3. The van der Waals surface area contributed by atoms with Crippen LogP contribution in [0.3, 0.4) is 0 Å². The number of carbonyl (C=O) groups is 1. The van der Waals surface area contributed by atoms with E-state index in [0.717, 1.165) is 22.4 Å². The maximum absolute atomic E-state index is 12.3. The van der Waals surface area contributed by atoms with E-state index >= 15 is 0 Å². The molecule has 3 nitrogen and oxygen atoms in total. The molecule has 0 bridgehead atoms. The van der Waals surface area contributed by atoms with Crippen LogP contribution in [0, 0.1) is 0 Å². The summed E-state index contributed by atoms with van der Waals surface area (Å²) in [6, 6.07) is 22.3. The number of hydrogen-bond donors (Lipinski definition) is 0. The van der Waals surface area contributed by atoms with Gasteiger partial charge in [0.05, 0.1) is 10.2 Å². The van der Waals surface area contributed by atoms with Gasteiger partial charge in [0, 0.05) is 18.0 Å². The minimum Gasteiger partial charge on any atom is -0.317 e. The highest BCUT2D eigenvalue weighted by molar-refractivity contribution is 7.17. The van der Waals surface area contributed by atoms with Gasteiger partial charge in [-0.15, -0.1) is 0 Å². The van der Waals surface area contributed by atoms with Crippen LogP contribution in [0.25, 0.3) is 27.1 Å². The molecule has 0 aliphatic heterocycles. The summed E-state index contributed by atoms with van der Waals surface area (Å²) in [5.74, 6) is -0.244. The molecule has 1 heterocycles. The van der Waals surface area contributed by atoms with Gasteiger partial charge in [-0.1, -0.05) is 72.0 Å². The number of fused-ring (bicyclic) bond motifs is 3. The second-order valence-electron chi connectivity index (χ2n) is 5.96. The molecule has 128 valence electrons. The molecule has 1 aromatic heterocycles. The Kier molecular flexibility index (Phi) is 4.50. The summed E-state index contributed by atoms with van der Waals surface area (Å²) >= 11 is 1.57. The zero-order valence-electron chi connectivity index (χ0n) is 14.4. The molecule has 1 amide bonds. The van der Waals surface area contributed by atoms with Gasteiger partial charge in [0.25, 0.3) is 5.91 Å². The Balaban J connectivity index is 1.80. The first-order valence-corrected chi connectivity index (χ1v) is 9.41. The van der Waals surface area contributed by atoms with Crippen LogP contribution < -0.4 is 4.80 Å². The van der Waals surface area contributed by atoms with Crippen molar-refractivity contribution in [3.8, 4) is 0 Å². The first kappa shape index (κ1) is 16.5. The van der Waals surface area contributed by atoms with Gasteiger partial charge < -0.3 is 4.57 Å². The number of rotatable bonds is 3. The van der Waals surface area contributed by atoms with E-state index in [4.69, 9.17) is 0 Å². The van der Waals surface area contributed by atoms with Crippen molar-refractivity contribution in [3.05, 3.63) is 83.2 Å². The third kappa shape index (κ3) is 3.11. The topological polar surface area (TPSA) is 34.4 Å². The van der Waals surface area contributed by atoms with E-state index in [1.54, 1.807) is 17.4 Å². The van der Waals surface area contributed by atoms with Crippen LogP contribution in [-0.4, -0.2) is 10.5 Å². The number of aryl methyl sites for hydroxylation is 1. The maximum Gasteiger partial charge on any atom is 0.272 e. The fraction of sp³-hybridized carbons (Fsp3) is 0.0909. The summed E-state index contributed by atoms with van der Waals surface area (Å²) in [5, 5.41) is 2.40. The van der Waals surface area contributed by atoms with E-state index < -0.39 is 0 Å². The van der Waals surface area contributed by atoms with Crippen molar-refractivity contribution in [1.29, 1.82) is 0 Å². The molecule has 4 heteroatoms. The van der Waals surface area contributed by atoms with E-state index in [1.807, 2.05) is 42.5 Å². The van der Waals surface area contributed by atoms with Crippen LogP contribution >= 0.6 is 11.3 Å². The Bertz CT molecular complexity index is 1180. The quantitative estimate of drug-likeness (QED) is 0.474. The van der Waals surface area contributed by atoms with Gasteiger partial charge in [-0.2, -0.15) is 4.99 Å². The third-order valence-electron chi connectivity index (χ3n) is 4.31. The molecule has 4 aromatic rings. The monoisotopic (exact) mass is 358 g/mol. The number of hydrogen-bond acceptors (Lipinski definition) is 2. The molecule has 0 fully saturated rings. The van der Waals surface area contributed by atoms with Crippen molar-refractivity contribution in [2.45, 2.75) is 13.5 Å². The van der Waals surface area contributed by atoms with Crippen molar-refractivity contribution in [2.75, 3.05) is 0 Å². The molecule has 3 aromatic carbocycles. The van der Waals surface area contributed by atoms with Crippen molar-refractivity contribution in [2.24, 2.45) is 4.99 Å². The smallest absolute Gasteiger partial charge is 0.272 e. The number of nitrogens with zero attached hydrogens (tertiary/aromatic N) is 2. The van der Waals surface area contributed by atoms with Crippen LogP contribution in [0.5, 0.6) is 0 Å². The van der Waals surface area contributed by atoms with Crippen molar-refractivity contribution in [3.63, 3.8) is 0 Å². The number of amides is 1. The van der Waals surface area contributed by atoms with Crippen molar-refractivity contribution in [1.82, 2.24) is 4.57 Å². The molecule has 0 aliphatic rings. The average molecular weight is 358 g/mol. The van der Waals surface area contributed by atoms with Gasteiger partial charge in [-0.25, -0.2) is 0 Å². The second-order valence-corrected chi connectivity index (χ2v) is 6.94. The fourth-order valence-corrected chi connectivity index (χ4v) is 4.29. The zero-order valence-corrected chi connectivity index (χ0v) is 15.2. The van der Waals surface area contributed by atoms with Crippen molar-refractivity contribution < 1.29 is 4.79 Å². The lowest BCUT2D eigenvalue weighted by atomic mass is 10.1. The molecular weight excluding hydrogens is 340 g/mol. The minimum atomic E-state index is -0.244. The van der Waals surface area contributed by atoms with Crippen LogP contribution in [0.4, 0.5) is 0 Å². The summed E-state index contributed by atoms with van der Waals surface area (Å²) < 4.78 is 3.27. The predicted molar refractivity (Wildman–Crippen MR) is 109 cm³/mol. The Labute approximate surface area is 155 Å². The Morgan fingerprint density at radius 2 is 1.81 bits per heavy atom. The lowest BCUT2D eigenvalue weighted by Gasteiger charge is -2.02. The van der Waals surface area contributed by atoms with Gasteiger partial charge in [-0.05, 0) is 30.0 Å². The standard InChI is InChI=1S/C22H18N2OS/c1-2-24-19-14-13-17-10-6-7-11-18(17)21(19)26-22(24)23-20(25)15-12-16-8-4-3-5-9-16/h3-15H,2H2,1H3. The molecule has 0 saturated carbocycles. The highest BCUT2D eigenvalue weighted by atomic mass is 32.1. The van der Waals surface area contributed by atoms with E-state index in [-0.39, 0.29) is 5.91 Å². The van der Waals surface area contributed by atoms with E-state index in [0.29, 0.717) is 0 Å². The van der Waals surface area contributed by atoms with Gasteiger partial charge >= 0.3 is 0 Å². The Hall–Kier alpha value is -2.98. The molecular formula is C22H18N2OS. The molecule has 0 saturated heterocycles. The van der Waals surface area contributed by atoms with Crippen LogP contribution in [0.2, 0.25) is 0 Å². The molecule has 0 unspecified atom stereocenters. The average Bonchev–Trinajstić information content (AvgIpc) is 3.04. The fourth-order valence-electron chi connectivity index (χ4n) is 3.05. The van der Waals surface area contributed by atoms with Gasteiger partial charge in [0.2, 0.25) is 0 Å².